The number of nitrogens with zero attached hydrogens (tertiary/aromatic N) is 3. The lowest BCUT2D eigenvalue weighted by atomic mass is 9.94. The van der Waals surface area contributed by atoms with Gasteiger partial charge in [0.05, 0.1) is 0 Å². The summed E-state index contributed by atoms with van der Waals surface area (Å²) in [5.74, 6) is 0.472. The maximum absolute atomic E-state index is 13.8. The van der Waals surface area contributed by atoms with Crippen molar-refractivity contribution in [3.8, 4) is 0 Å². The Bertz CT molecular complexity index is 782. The fraction of sp³-hybridized carbons (Fsp3) is 0.455. The summed E-state index contributed by atoms with van der Waals surface area (Å²) in [6.45, 7) is 3.67. The smallest absolute Gasteiger partial charge is 0.223 e. The molecule has 3 fully saturated rings. The molecule has 4 heterocycles. The third kappa shape index (κ3) is 4.35. The zero-order valence-corrected chi connectivity index (χ0v) is 15.6. The molecular weight excluding hydrogens is 341 g/mol. The lowest BCUT2D eigenvalue weighted by Crippen LogP contribution is -2.47. The van der Waals surface area contributed by atoms with Crippen molar-refractivity contribution < 1.29 is 9.18 Å². The lowest BCUT2D eigenvalue weighted by Gasteiger charge is -2.36. The van der Waals surface area contributed by atoms with Gasteiger partial charge in [0.1, 0.15) is 5.82 Å². The Kier molecular flexibility index (Phi) is 5.48. The summed E-state index contributed by atoms with van der Waals surface area (Å²) in [7, 11) is 0. The van der Waals surface area contributed by atoms with E-state index < -0.39 is 0 Å². The highest BCUT2D eigenvalue weighted by molar-refractivity contribution is 5.77. The normalized spacial score (nSPS) is 22.6. The van der Waals surface area contributed by atoms with Gasteiger partial charge in [-0.25, -0.2) is 4.39 Å². The average molecular weight is 367 g/mol. The molecule has 1 amide bonds. The number of benzene rings is 1. The summed E-state index contributed by atoms with van der Waals surface area (Å²) in [5.41, 5.74) is 1.85. The largest absolute Gasteiger partial charge is 0.338 e. The summed E-state index contributed by atoms with van der Waals surface area (Å²) in [6, 6.07) is 11.1. The van der Waals surface area contributed by atoms with Gasteiger partial charge in [0.15, 0.2) is 0 Å². The number of amides is 1. The standard InChI is InChI=1S/C22H26FN3O/c23-21-6-2-1-5-19(21)8-10-22(27)26-15-18-7-9-20(26)16-25(14-18)13-17-4-3-11-24-12-17/h1-6,11-12,18,20H,7-10,13-16H2/t18-,20+/m0/s1. The number of hydrogen-bond donors (Lipinski definition) is 0. The van der Waals surface area contributed by atoms with Gasteiger partial charge in [0.25, 0.3) is 0 Å². The highest BCUT2D eigenvalue weighted by atomic mass is 19.1. The van der Waals surface area contributed by atoms with Crippen LogP contribution in [0.2, 0.25) is 0 Å². The first-order valence-electron chi connectivity index (χ1n) is 9.83. The zero-order chi connectivity index (χ0) is 18.6. The van der Waals surface area contributed by atoms with Crippen molar-refractivity contribution in [1.82, 2.24) is 14.8 Å². The predicted molar refractivity (Wildman–Crippen MR) is 102 cm³/mol. The minimum absolute atomic E-state index is 0.163. The molecule has 2 bridgehead atoms. The summed E-state index contributed by atoms with van der Waals surface area (Å²) in [4.78, 5) is 21.6. The molecule has 0 radical (unpaired) electrons. The van der Waals surface area contributed by atoms with E-state index in [4.69, 9.17) is 0 Å². The maximum atomic E-state index is 13.8. The van der Waals surface area contributed by atoms with Crippen molar-refractivity contribution in [2.45, 2.75) is 38.3 Å². The van der Waals surface area contributed by atoms with E-state index in [0.29, 0.717) is 24.3 Å². The molecule has 0 N–H and O–H groups in total. The van der Waals surface area contributed by atoms with Gasteiger partial charge in [0, 0.05) is 51.0 Å². The van der Waals surface area contributed by atoms with Gasteiger partial charge in [-0.2, -0.15) is 0 Å². The molecule has 27 heavy (non-hydrogen) atoms. The number of pyridine rings is 1. The van der Waals surface area contributed by atoms with E-state index in [2.05, 4.69) is 20.9 Å². The zero-order valence-electron chi connectivity index (χ0n) is 15.6. The molecule has 0 aliphatic carbocycles. The number of carbonyl (C=O) groups excluding carboxylic acids is 1. The Morgan fingerprint density at radius 2 is 2.00 bits per heavy atom. The highest BCUT2D eigenvalue weighted by Gasteiger charge is 2.36. The number of fused-ring (bicyclic) bond motifs is 4. The van der Waals surface area contributed by atoms with Crippen LogP contribution in [0.5, 0.6) is 0 Å². The lowest BCUT2D eigenvalue weighted by molar-refractivity contribution is -0.135. The van der Waals surface area contributed by atoms with E-state index in [1.54, 1.807) is 18.3 Å². The minimum Gasteiger partial charge on any atom is -0.338 e. The molecule has 3 saturated heterocycles. The van der Waals surface area contributed by atoms with Gasteiger partial charge >= 0.3 is 0 Å². The molecule has 2 aromatic rings. The summed E-state index contributed by atoms with van der Waals surface area (Å²) in [5, 5.41) is 0. The number of aryl methyl sites for hydroxylation is 1. The van der Waals surface area contributed by atoms with Crippen LogP contribution in [0.15, 0.2) is 48.8 Å². The van der Waals surface area contributed by atoms with Crippen LogP contribution in [0.25, 0.3) is 0 Å². The van der Waals surface area contributed by atoms with Crippen LogP contribution >= 0.6 is 0 Å². The molecule has 1 aromatic carbocycles. The average Bonchev–Trinajstić information content (AvgIpc) is 2.98. The monoisotopic (exact) mass is 367 g/mol. The Labute approximate surface area is 160 Å². The minimum atomic E-state index is -0.217. The third-order valence-electron chi connectivity index (χ3n) is 5.80. The molecule has 0 saturated carbocycles. The summed E-state index contributed by atoms with van der Waals surface area (Å²) < 4.78 is 13.8. The van der Waals surface area contributed by atoms with Crippen molar-refractivity contribution in [3.63, 3.8) is 0 Å². The molecule has 142 valence electrons. The first-order valence-corrected chi connectivity index (χ1v) is 9.83. The van der Waals surface area contributed by atoms with Gasteiger partial charge in [0.2, 0.25) is 5.91 Å². The maximum Gasteiger partial charge on any atom is 0.223 e. The van der Waals surface area contributed by atoms with Gasteiger partial charge in [-0.1, -0.05) is 24.3 Å². The molecule has 4 nitrogen and oxygen atoms in total. The Hall–Kier alpha value is -2.27. The third-order valence-corrected chi connectivity index (χ3v) is 5.80. The van der Waals surface area contributed by atoms with Crippen LogP contribution in [0.1, 0.15) is 30.4 Å². The molecular formula is C22H26FN3O. The second-order valence-electron chi connectivity index (χ2n) is 7.79. The molecule has 1 aromatic heterocycles. The van der Waals surface area contributed by atoms with Gasteiger partial charge < -0.3 is 4.90 Å². The molecule has 5 heteroatoms. The van der Waals surface area contributed by atoms with Crippen molar-refractivity contribution in [2.24, 2.45) is 5.92 Å². The van der Waals surface area contributed by atoms with E-state index in [9.17, 15) is 9.18 Å². The fourth-order valence-electron chi connectivity index (χ4n) is 4.45. The molecule has 5 rings (SSSR count). The van der Waals surface area contributed by atoms with Crippen LogP contribution in [0.3, 0.4) is 0 Å². The van der Waals surface area contributed by atoms with E-state index in [-0.39, 0.29) is 17.8 Å². The van der Waals surface area contributed by atoms with E-state index in [1.807, 2.05) is 18.3 Å². The second kappa shape index (κ2) is 8.17. The fourth-order valence-corrected chi connectivity index (χ4v) is 4.45. The van der Waals surface area contributed by atoms with Gasteiger partial charge in [-0.15, -0.1) is 0 Å². The molecule has 3 aliphatic heterocycles. The van der Waals surface area contributed by atoms with Crippen LogP contribution in [-0.4, -0.2) is 46.4 Å². The van der Waals surface area contributed by atoms with Crippen LogP contribution in [-0.2, 0) is 17.8 Å². The van der Waals surface area contributed by atoms with Gasteiger partial charge in [-0.3, -0.25) is 14.7 Å². The Morgan fingerprint density at radius 1 is 1.11 bits per heavy atom. The first kappa shape index (κ1) is 18.1. The van der Waals surface area contributed by atoms with Crippen LogP contribution in [0, 0.1) is 11.7 Å². The molecule has 0 spiro atoms. The Balaban J connectivity index is 1.38. The van der Waals surface area contributed by atoms with Crippen molar-refractivity contribution in [2.75, 3.05) is 19.6 Å². The van der Waals surface area contributed by atoms with Crippen molar-refractivity contribution in [1.29, 1.82) is 0 Å². The number of halogens is 1. The van der Waals surface area contributed by atoms with E-state index >= 15 is 0 Å². The summed E-state index contributed by atoms with van der Waals surface area (Å²) in [6.07, 6.45) is 6.83. The van der Waals surface area contributed by atoms with Crippen LogP contribution < -0.4 is 0 Å². The first-order chi connectivity index (χ1) is 13.2. The quantitative estimate of drug-likeness (QED) is 0.814. The highest BCUT2D eigenvalue weighted by Crippen LogP contribution is 2.29. The Morgan fingerprint density at radius 3 is 2.81 bits per heavy atom. The number of aromatic nitrogens is 1. The molecule has 0 unspecified atom stereocenters. The number of hydrogen-bond acceptors (Lipinski definition) is 3. The van der Waals surface area contributed by atoms with E-state index in [0.717, 1.165) is 32.6 Å². The SMILES string of the molecule is O=C(CCc1ccccc1F)N1C[C@H]2CC[C@@H]1CN(Cc1cccnc1)C2. The topological polar surface area (TPSA) is 36.4 Å². The van der Waals surface area contributed by atoms with Crippen LogP contribution in [0.4, 0.5) is 4.39 Å². The molecule has 2 atom stereocenters. The van der Waals surface area contributed by atoms with Crippen molar-refractivity contribution in [3.05, 3.63) is 65.7 Å². The second-order valence-corrected chi connectivity index (χ2v) is 7.79. The van der Waals surface area contributed by atoms with E-state index in [1.165, 1.54) is 18.1 Å². The summed E-state index contributed by atoms with van der Waals surface area (Å²) >= 11 is 0. The van der Waals surface area contributed by atoms with Crippen molar-refractivity contribution >= 4 is 5.91 Å². The number of rotatable bonds is 5. The molecule has 3 aliphatic rings. The predicted octanol–water partition coefficient (Wildman–Crippen LogP) is 3.28. The number of carbonyl (C=O) groups is 1. The van der Waals surface area contributed by atoms with Gasteiger partial charge in [-0.05, 0) is 48.4 Å². The number of piperidine rings is 1.